The Labute approximate surface area is 91.8 Å². The van der Waals surface area contributed by atoms with E-state index in [0.717, 1.165) is 0 Å². The van der Waals surface area contributed by atoms with Gasteiger partial charge in [-0.2, -0.15) is 0 Å². The van der Waals surface area contributed by atoms with Crippen molar-refractivity contribution in [3.8, 4) is 5.75 Å². The fraction of sp³-hybridized carbons (Fsp3) is 0. The van der Waals surface area contributed by atoms with E-state index in [-0.39, 0.29) is 11.7 Å². The van der Waals surface area contributed by atoms with Crippen LogP contribution in [0.2, 0.25) is 0 Å². The lowest BCUT2D eigenvalue weighted by Gasteiger charge is -2.04. The number of nitrogens with one attached hydrogen (secondary N) is 1. The van der Waals surface area contributed by atoms with Crippen molar-refractivity contribution in [3.63, 3.8) is 0 Å². The molecule has 1 aromatic heterocycles. The molecule has 0 bridgehead atoms. The second kappa shape index (κ2) is 4.39. The summed E-state index contributed by atoms with van der Waals surface area (Å²) in [5, 5.41) is 11.7. The number of anilines is 1. The molecule has 0 unspecified atom stereocenters. The molecule has 5 heteroatoms. The molecule has 0 saturated heterocycles. The fourth-order valence-electron chi connectivity index (χ4n) is 1.16. The second-order valence-electron chi connectivity index (χ2n) is 3.13. The zero-order valence-electron chi connectivity index (χ0n) is 8.29. The first-order chi connectivity index (χ1) is 7.75. The van der Waals surface area contributed by atoms with Gasteiger partial charge in [0.25, 0.3) is 5.91 Å². The van der Waals surface area contributed by atoms with Crippen molar-refractivity contribution in [1.82, 2.24) is 9.97 Å². The van der Waals surface area contributed by atoms with Gasteiger partial charge in [0, 0.05) is 18.1 Å². The van der Waals surface area contributed by atoms with Crippen LogP contribution in [0.4, 0.5) is 5.69 Å². The Hall–Kier alpha value is -2.43. The third-order valence-corrected chi connectivity index (χ3v) is 1.95. The number of nitrogens with zero attached hydrogens (tertiary/aromatic N) is 2. The molecule has 1 amide bonds. The van der Waals surface area contributed by atoms with E-state index in [0.29, 0.717) is 11.3 Å². The molecule has 16 heavy (non-hydrogen) atoms. The molecule has 0 saturated carbocycles. The molecule has 2 aromatic rings. The van der Waals surface area contributed by atoms with Crippen LogP contribution >= 0.6 is 0 Å². The molecule has 1 heterocycles. The van der Waals surface area contributed by atoms with Crippen molar-refractivity contribution < 1.29 is 9.90 Å². The van der Waals surface area contributed by atoms with Gasteiger partial charge in [-0.25, -0.2) is 9.97 Å². The van der Waals surface area contributed by atoms with Crippen molar-refractivity contribution in [2.75, 3.05) is 5.32 Å². The van der Waals surface area contributed by atoms with Crippen molar-refractivity contribution >= 4 is 11.6 Å². The van der Waals surface area contributed by atoms with Crippen LogP contribution in [0.3, 0.4) is 0 Å². The van der Waals surface area contributed by atoms with E-state index in [2.05, 4.69) is 15.3 Å². The van der Waals surface area contributed by atoms with Gasteiger partial charge in [0.05, 0.1) is 5.56 Å². The van der Waals surface area contributed by atoms with Crippen LogP contribution in [-0.4, -0.2) is 21.0 Å². The number of benzene rings is 1. The molecular weight excluding hydrogens is 206 g/mol. The van der Waals surface area contributed by atoms with E-state index < -0.39 is 0 Å². The number of phenols is 1. The van der Waals surface area contributed by atoms with Crippen LogP contribution < -0.4 is 5.32 Å². The predicted octanol–water partition coefficient (Wildman–Crippen LogP) is 1.43. The monoisotopic (exact) mass is 215 g/mol. The van der Waals surface area contributed by atoms with Gasteiger partial charge < -0.3 is 10.4 Å². The molecule has 80 valence electrons. The molecule has 0 atom stereocenters. The van der Waals surface area contributed by atoms with E-state index in [1.54, 1.807) is 12.1 Å². The lowest BCUT2D eigenvalue weighted by Crippen LogP contribution is -2.12. The largest absolute Gasteiger partial charge is 0.508 e. The summed E-state index contributed by atoms with van der Waals surface area (Å²) in [7, 11) is 0. The number of aromatic nitrogens is 2. The predicted molar refractivity (Wildman–Crippen MR) is 58.1 cm³/mol. The Kier molecular flexibility index (Phi) is 2.77. The van der Waals surface area contributed by atoms with Gasteiger partial charge in [-0.15, -0.1) is 0 Å². The molecule has 0 aliphatic rings. The van der Waals surface area contributed by atoms with Gasteiger partial charge in [0.1, 0.15) is 12.1 Å². The minimum Gasteiger partial charge on any atom is -0.508 e. The highest BCUT2D eigenvalue weighted by Crippen LogP contribution is 2.14. The zero-order valence-corrected chi connectivity index (χ0v) is 8.29. The number of hydrogen-bond acceptors (Lipinski definition) is 4. The molecule has 0 aliphatic carbocycles. The average molecular weight is 215 g/mol. The van der Waals surface area contributed by atoms with Crippen LogP contribution in [0.15, 0.2) is 43.0 Å². The zero-order chi connectivity index (χ0) is 11.4. The highest BCUT2D eigenvalue weighted by atomic mass is 16.3. The van der Waals surface area contributed by atoms with Crippen molar-refractivity contribution in [2.24, 2.45) is 0 Å². The minimum atomic E-state index is -0.286. The van der Waals surface area contributed by atoms with Gasteiger partial charge >= 0.3 is 0 Å². The third-order valence-electron chi connectivity index (χ3n) is 1.95. The molecule has 0 radical (unpaired) electrons. The van der Waals surface area contributed by atoms with E-state index >= 15 is 0 Å². The van der Waals surface area contributed by atoms with Gasteiger partial charge in [-0.1, -0.05) is 0 Å². The summed E-state index contributed by atoms with van der Waals surface area (Å²) in [6.45, 7) is 0. The topological polar surface area (TPSA) is 75.1 Å². The number of carbonyl (C=O) groups is 1. The average Bonchev–Trinajstić information content (AvgIpc) is 2.33. The van der Waals surface area contributed by atoms with Crippen molar-refractivity contribution in [1.29, 1.82) is 0 Å². The number of rotatable bonds is 2. The van der Waals surface area contributed by atoms with Crippen molar-refractivity contribution in [3.05, 3.63) is 48.5 Å². The van der Waals surface area contributed by atoms with Gasteiger partial charge in [-0.05, 0) is 24.3 Å². The standard InChI is InChI=1S/C11H9N3O2/c15-10-3-1-9(2-4-10)14-11(16)8-5-12-7-13-6-8/h1-7,15H,(H,14,16). The van der Waals surface area contributed by atoms with Gasteiger partial charge in [0.15, 0.2) is 0 Å². The highest BCUT2D eigenvalue weighted by molar-refractivity contribution is 6.03. The maximum absolute atomic E-state index is 11.6. The lowest BCUT2D eigenvalue weighted by molar-refractivity contribution is 0.102. The maximum atomic E-state index is 11.6. The SMILES string of the molecule is O=C(Nc1ccc(O)cc1)c1cncnc1. The van der Waals surface area contributed by atoms with Gasteiger partial charge in [0.2, 0.25) is 0 Å². The van der Waals surface area contributed by atoms with Crippen LogP contribution in [0, 0.1) is 0 Å². The summed E-state index contributed by atoms with van der Waals surface area (Å²) in [6, 6.07) is 6.21. The first-order valence-electron chi connectivity index (χ1n) is 4.61. The Morgan fingerprint density at radius 2 is 1.75 bits per heavy atom. The summed E-state index contributed by atoms with van der Waals surface area (Å²) in [5.74, 6) is -0.132. The van der Waals surface area contributed by atoms with E-state index in [1.165, 1.54) is 30.9 Å². The fourth-order valence-corrected chi connectivity index (χ4v) is 1.16. The van der Waals surface area contributed by atoms with Crippen LogP contribution in [0.25, 0.3) is 0 Å². The quantitative estimate of drug-likeness (QED) is 0.743. The molecule has 0 spiro atoms. The van der Waals surface area contributed by atoms with Gasteiger partial charge in [-0.3, -0.25) is 4.79 Å². The highest BCUT2D eigenvalue weighted by Gasteiger charge is 2.05. The Morgan fingerprint density at radius 1 is 1.12 bits per heavy atom. The van der Waals surface area contributed by atoms with E-state index in [9.17, 15) is 4.79 Å². The number of hydrogen-bond donors (Lipinski definition) is 2. The number of carbonyl (C=O) groups excluding carboxylic acids is 1. The second-order valence-corrected chi connectivity index (χ2v) is 3.13. The maximum Gasteiger partial charge on any atom is 0.258 e. The summed E-state index contributed by atoms with van der Waals surface area (Å²) in [5.41, 5.74) is 0.988. The minimum absolute atomic E-state index is 0.154. The summed E-state index contributed by atoms with van der Waals surface area (Å²) < 4.78 is 0. The Morgan fingerprint density at radius 3 is 2.38 bits per heavy atom. The molecule has 1 aromatic carbocycles. The molecule has 2 N–H and O–H groups in total. The number of aromatic hydroxyl groups is 1. The summed E-state index contributed by atoms with van der Waals surface area (Å²) >= 11 is 0. The number of phenolic OH excluding ortho intramolecular Hbond substituents is 1. The first-order valence-corrected chi connectivity index (χ1v) is 4.61. The Balaban J connectivity index is 2.11. The molecule has 2 rings (SSSR count). The Bertz CT molecular complexity index is 482. The molecular formula is C11H9N3O2. The molecule has 0 fully saturated rings. The van der Waals surface area contributed by atoms with E-state index in [1.807, 2.05) is 0 Å². The molecule has 0 aliphatic heterocycles. The van der Waals surface area contributed by atoms with Crippen LogP contribution in [-0.2, 0) is 0 Å². The first kappa shape index (κ1) is 10.1. The summed E-state index contributed by atoms with van der Waals surface area (Å²) in [6.07, 6.45) is 4.23. The smallest absolute Gasteiger partial charge is 0.258 e. The van der Waals surface area contributed by atoms with Crippen LogP contribution in [0.1, 0.15) is 10.4 Å². The summed E-state index contributed by atoms with van der Waals surface area (Å²) in [4.78, 5) is 19.1. The molecule has 5 nitrogen and oxygen atoms in total. The third kappa shape index (κ3) is 2.33. The normalized spacial score (nSPS) is 9.75. The lowest BCUT2D eigenvalue weighted by atomic mass is 10.2. The number of amides is 1. The van der Waals surface area contributed by atoms with E-state index in [4.69, 9.17) is 5.11 Å². The van der Waals surface area contributed by atoms with Crippen molar-refractivity contribution in [2.45, 2.75) is 0 Å². The van der Waals surface area contributed by atoms with Crippen LogP contribution in [0.5, 0.6) is 5.75 Å².